The first-order valence-corrected chi connectivity index (χ1v) is 11.6. The predicted molar refractivity (Wildman–Crippen MR) is 112 cm³/mol. The van der Waals surface area contributed by atoms with Crippen LogP contribution in [0.2, 0.25) is 0 Å². The first kappa shape index (κ1) is 20.1. The van der Waals surface area contributed by atoms with E-state index in [9.17, 15) is 13.2 Å². The van der Waals surface area contributed by atoms with E-state index in [-0.39, 0.29) is 18.0 Å². The van der Waals surface area contributed by atoms with E-state index in [1.54, 1.807) is 12.1 Å². The maximum absolute atomic E-state index is 13.0. The molecule has 0 radical (unpaired) electrons. The molecule has 1 N–H and O–H groups in total. The van der Waals surface area contributed by atoms with Crippen molar-refractivity contribution in [3.05, 3.63) is 65.7 Å². The fourth-order valence-electron chi connectivity index (χ4n) is 3.73. The van der Waals surface area contributed by atoms with Gasteiger partial charge in [-0.15, -0.1) is 0 Å². The van der Waals surface area contributed by atoms with Gasteiger partial charge in [0.05, 0.1) is 4.90 Å². The second kappa shape index (κ2) is 8.26. The molecule has 6 nitrogen and oxygen atoms in total. The molecule has 0 unspecified atom stereocenters. The molecule has 2 fully saturated rings. The molecule has 1 aliphatic heterocycles. The first-order chi connectivity index (χ1) is 13.9. The summed E-state index contributed by atoms with van der Waals surface area (Å²) in [6.45, 7) is 3.71. The molecule has 1 saturated carbocycles. The minimum absolute atomic E-state index is 0.00791. The number of amides is 1. The summed E-state index contributed by atoms with van der Waals surface area (Å²) in [7, 11) is -3.52. The van der Waals surface area contributed by atoms with Crippen molar-refractivity contribution in [1.29, 1.82) is 0 Å². The number of hydrogen-bond acceptors (Lipinski definition) is 4. The number of benzene rings is 2. The van der Waals surface area contributed by atoms with Crippen LogP contribution in [0.15, 0.2) is 59.5 Å². The van der Waals surface area contributed by atoms with Crippen LogP contribution >= 0.6 is 0 Å². The summed E-state index contributed by atoms with van der Waals surface area (Å²) in [5.74, 6) is 0.00791. The summed E-state index contributed by atoms with van der Waals surface area (Å²) in [5.41, 5.74) is 1.97. The lowest BCUT2D eigenvalue weighted by atomic mass is 10.0. The van der Waals surface area contributed by atoms with Crippen molar-refractivity contribution >= 4 is 15.9 Å². The number of sulfonamides is 1. The molecule has 2 aromatic rings. The number of carbonyl (C=O) groups is 1. The molecule has 1 aliphatic carbocycles. The van der Waals surface area contributed by atoms with Gasteiger partial charge >= 0.3 is 0 Å². The third-order valence-electron chi connectivity index (χ3n) is 5.58. The van der Waals surface area contributed by atoms with Crippen LogP contribution in [-0.4, -0.2) is 55.8 Å². The highest BCUT2D eigenvalue weighted by molar-refractivity contribution is 7.89. The molecule has 29 heavy (non-hydrogen) atoms. The molecule has 0 aromatic heterocycles. The van der Waals surface area contributed by atoms with E-state index in [0.717, 1.165) is 24.0 Å². The van der Waals surface area contributed by atoms with Crippen molar-refractivity contribution in [2.45, 2.75) is 36.7 Å². The summed E-state index contributed by atoms with van der Waals surface area (Å²) in [5, 5.41) is 3.11. The van der Waals surface area contributed by atoms with Crippen LogP contribution in [-0.2, 0) is 14.8 Å². The maximum atomic E-state index is 13.0. The van der Waals surface area contributed by atoms with E-state index in [4.69, 9.17) is 0 Å². The van der Waals surface area contributed by atoms with Gasteiger partial charge in [0.15, 0.2) is 0 Å². The average molecular weight is 414 g/mol. The fraction of sp³-hybridized carbons (Fsp3) is 0.409. The van der Waals surface area contributed by atoms with Crippen LogP contribution in [0, 0.1) is 6.92 Å². The summed E-state index contributed by atoms with van der Waals surface area (Å²) >= 11 is 0. The van der Waals surface area contributed by atoms with Crippen LogP contribution in [0.3, 0.4) is 0 Å². The molecule has 1 atom stereocenters. The van der Waals surface area contributed by atoms with Crippen molar-refractivity contribution in [3.63, 3.8) is 0 Å². The maximum Gasteiger partial charge on any atom is 0.243 e. The lowest BCUT2D eigenvalue weighted by Gasteiger charge is -2.38. The van der Waals surface area contributed by atoms with Gasteiger partial charge in [0.25, 0.3) is 0 Å². The molecular weight excluding hydrogens is 386 g/mol. The lowest BCUT2D eigenvalue weighted by molar-refractivity contribution is -0.127. The van der Waals surface area contributed by atoms with Crippen LogP contribution in [0.5, 0.6) is 0 Å². The summed E-state index contributed by atoms with van der Waals surface area (Å²) < 4.78 is 27.4. The van der Waals surface area contributed by atoms with E-state index < -0.39 is 10.0 Å². The zero-order valence-electron chi connectivity index (χ0n) is 16.6. The third kappa shape index (κ3) is 4.52. The van der Waals surface area contributed by atoms with E-state index >= 15 is 0 Å². The summed E-state index contributed by atoms with van der Waals surface area (Å²) in [6.07, 6.45) is 2.08. The van der Waals surface area contributed by atoms with E-state index in [1.165, 1.54) is 4.31 Å². The molecule has 0 bridgehead atoms. The predicted octanol–water partition coefficient (Wildman–Crippen LogP) is 2.32. The topological polar surface area (TPSA) is 69.7 Å². The van der Waals surface area contributed by atoms with E-state index in [1.807, 2.05) is 49.4 Å². The number of aryl methyl sites for hydroxylation is 1. The molecule has 2 aliphatic rings. The Hall–Kier alpha value is -2.22. The zero-order chi connectivity index (χ0) is 20.4. The number of rotatable bonds is 6. The number of piperazine rings is 1. The van der Waals surface area contributed by atoms with Crippen LogP contribution in [0.25, 0.3) is 0 Å². The molecule has 1 amide bonds. The van der Waals surface area contributed by atoms with Gasteiger partial charge in [-0.2, -0.15) is 4.31 Å². The van der Waals surface area contributed by atoms with Crippen LogP contribution in [0.1, 0.15) is 30.0 Å². The van der Waals surface area contributed by atoms with Gasteiger partial charge in [-0.1, -0.05) is 48.0 Å². The number of nitrogens with zero attached hydrogens (tertiary/aromatic N) is 2. The Balaban J connectivity index is 1.48. The van der Waals surface area contributed by atoms with Crippen molar-refractivity contribution in [3.8, 4) is 0 Å². The molecule has 4 rings (SSSR count). The van der Waals surface area contributed by atoms with Crippen LogP contribution < -0.4 is 5.32 Å². The minimum Gasteiger partial charge on any atom is -0.352 e. The largest absolute Gasteiger partial charge is 0.352 e. The van der Waals surface area contributed by atoms with Crippen molar-refractivity contribution in [2.75, 3.05) is 26.2 Å². The minimum atomic E-state index is -3.52. The highest BCUT2D eigenvalue weighted by Crippen LogP contribution is 2.27. The Bertz CT molecular complexity index is 949. The molecular formula is C22H27N3O3S. The smallest absolute Gasteiger partial charge is 0.243 e. The normalized spacial score (nSPS) is 19.6. The highest BCUT2D eigenvalue weighted by atomic mass is 32.2. The molecule has 2 aromatic carbocycles. The molecule has 0 spiro atoms. The standard InChI is InChI=1S/C22H27N3O3S/c1-17-7-11-20(12-8-17)29(27,28)25-15-13-24(14-16-25)21(18-5-3-2-4-6-18)22(26)23-19-9-10-19/h2-8,11-12,19,21H,9-10,13-16H2,1H3,(H,23,26)/t21-/m0/s1. The van der Waals surface area contributed by atoms with E-state index in [2.05, 4.69) is 10.2 Å². The Morgan fingerprint density at radius 2 is 1.59 bits per heavy atom. The number of nitrogens with one attached hydrogen (secondary N) is 1. The summed E-state index contributed by atoms with van der Waals surface area (Å²) in [4.78, 5) is 15.4. The van der Waals surface area contributed by atoms with Gasteiger partial charge in [-0.25, -0.2) is 8.42 Å². The fourth-order valence-corrected chi connectivity index (χ4v) is 5.15. The second-order valence-electron chi connectivity index (χ2n) is 7.85. The quantitative estimate of drug-likeness (QED) is 0.789. The Kier molecular flexibility index (Phi) is 5.72. The first-order valence-electron chi connectivity index (χ1n) is 10.1. The highest BCUT2D eigenvalue weighted by Gasteiger charge is 2.36. The number of hydrogen-bond donors (Lipinski definition) is 1. The molecule has 7 heteroatoms. The van der Waals surface area contributed by atoms with Crippen molar-refractivity contribution < 1.29 is 13.2 Å². The van der Waals surface area contributed by atoms with Gasteiger partial charge in [-0.05, 0) is 37.5 Å². The Morgan fingerprint density at radius 1 is 0.966 bits per heavy atom. The van der Waals surface area contributed by atoms with Gasteiger partial charge in [0, 0.05) is 32.2 Å². The monoisotopic (exact) mass is 413 g/mol. The van der Waals surface area contributed by atoms with E-state index in [0.29, 0.717) is 31.1 Å². The molecule has 1 heterocycles. The SMILES string of the molecule is Cc1ccc(S(=O)(=O)N2CCN([C@H](C(=O)NC3CC3)c3ccccc3)CC2)cc1. The average Bonchev–Trinajstić information content (AvgIpc) is 3.54. The van der Waals surface area contributed by atoms with Gasteiger partial charge in [0.2, 0.25) is 15.9 Å². The zero-order valence-corrected chi connectivity index (χ0v) is 17.4. The second-order valence-corrected chi connectivity index (χ2v) is 9.79. The molecule has 154 valence electrons. The third-order valence-corrected chi connectivity index (χ3v) is 7.50. The summed E-state index contributed by atoms with van der Waals surface area (Å²) in [6, 6.07) is 16.6. The van der Waals surface area contributed by atoms with Gasteiger partial charge < -0.3 is 5.32 Å². The Morgan fingerprint density at radius 3 is 2.17 bits per heavy atom. The van der Waals surface area contributed by atoms with Crippen molar-refractivity contribution in [1.82, 2.24) is 14.5 Å². The Labute approximate surface area is 172 Å². The van der Waals surface area contributed by atoms with Gasteiger partial charge in [-0.3, -0.25) is 9.69 Å². The van der Waals surface area contributed by atoms with Gasteiger partial charge in [0.1, 0.15) is 6.04 Å². The number of carbonyl (C=O) groups excluding carboxylic acids is 1. The lowest BCUT2D eigenvalue weighted by Crippen LogP contribution is -2.52. The van der Waals surface area contributed by atoms with Crippen molar-refractivity contribution in [2.24, 2.45) is 0 Å². The van der Waals surface area contributed by atoms with Crippen LogP contribution in [0.4, 0.5) is 0 Å². The molecule has 1 saturated heterocycles.